The van der Waals surface area contributed by atoms with Gasteiger partial charge in [-0.05, 0) is 38.9 Å². The van der Waals surface area contributed by atoms with Crippen LogP contribution < -0.4 is 0 Å². The quantitative estimate of drug-likeness (QED) is 0.281. The maximum Gasteiger partial charge on any atom is 0.192 e. The molecule has 0 aromatic heterocycles. The van der Waals surface area contributed by atoms with E-state index in [0.717, 1.165) is 18.4 Å². The number of ether oxygens (including phenoxy) is 4. The molecule has 3 heterocycles. The van der Waals surface area contributed by atoms with Crippen LogP contribution in [-0.4, -0.2) is 50.0 Å². The summed E-state index contributed by atoms with van der Waals surface area (Å²) < 4.78 is 32.7. The lowest BCUT2D eigenvalue weighted by atomic mass is 9.79. The second-order valence-electron chi connectivity index (χ2n) is 12.2. The molecule has 3 aliphatic rings. The van der Waals surface area contributed by atoms with Crippen LogP contribution in [0.5, 0.6) is 0 Å². The van der Waals surface area contributed by atoms with Gasteiger partial charge in [-0.15, -0.1) is 6.58 Å². The van der Waals surface area contributed by atoms with Crippen LogP contribution in [0.25, 0.3) is 0 Å². The van der Waals surface area contributed by atoms with E-state index in [1.165, 1.54) is 0 Å². The summed E-state index contributed by atoms with van der Waals surface area (Å²) in [4.78, 5) is 0. The Labute approximate surface area is 200 Å². The maximum absolute atomic E-state index is 7.04. The molecule has 0 aliphatic carbocycles. The molecule has 5 nitrogen and oxygen atoms in total. The highest BCUT2D eigenvalue weighted by Gasteiger charge is 2.61. The summed E-state index contributed by atoms with van der Waals surface area (Å²) in [5, 5.41) is 0.101. The summed E-state index contributed by atoms with van der Waals surface area (Å²) in [5.74, 6) is 0. The van der Waals surface area contributed by atoms with Gasteiger partial charge in [0.1, 0.15) is 11.2 Å². The van der Waals surface area contributed by atoms with Crippen molar-refractivity contribution in [2.45, 2.75) is 114 Å². The van der Waals surface area contributed by atoms with Gasteiger partial charge in [0, 0.05) is 18.4 Å². The van der Waals surface area contributed by atoms with Crippen LogP contribution in [0.3, 0.4) is 0 Å². The summed E-state index contributed by atoms with van der Waals surface area (Å²) in [6.45, 7) is 22.3. The predicted octanol–water partition coefficient (Wildman–Crippen LogP) is 6.16. The molecular weight excluding hydrogens is 432 g/mol. The van der Waals surface area contributed by atoms with E-state index in [1.54, 1.807) is 0 Å². The molecule has 0 saturated carbocycles. The highest BCUT2D eigenvalue weighted by molar-refractivity contribution is 6.74. The van der Waals surface area contributed by atoms with E-state index in [4.69, 9.17) is 23.4 Å². The Hall–Kier alpha value is -1.02. The number of hydrogen-bond acceptors (Lipinski definition) is 5. The lowest BCUT2D eigenvalue weighted by Crippen LogP contribution is -2.67. The van der Waals surface area contributed by atoms with E-state index in [-0.39, 0.29) is 35.2 Å². The monoisotopic (exact) mass is 474 g/mol. The van der Waals surface area contributed by atoms with Gasteiger partial charge in [-0.1, -0.05) is 57.2 Å². The van der Waals surface area contributed by atoms with Crippen molar-refractivity contribution in [2.75, 3.05) is 6.61 Å². The largest absolute Gasteiger partial charge is 0.411 e. The second kappa shape index (κ2) is 8.28. The van der Waals surface area contributed by atoms with Crippen molar-refractivity contribution in [1.82, 2.24) is 0 Å². The van der Waals surface area contributed by atoms with E-state index >= 15 is 0 Å². The van der Waals surface area contributed by atoms with E-state index in [9.17, 15) is 0 Å². The van der Waals surface area contributed by atoms with Crippen LogP contribution in [0.4, 0.5) is 0 Å². The maximum atomic E-state index is 7.04. The van der Waals surface area contributed by atoms with Gasteiger partial charge in [0.05, 0.1) is 30.5 Å². The normalized spacial score (nSPS) is 41.3. The zero-order valence-corrected chi connectivity index (χ0v) is 22.6. The minimum absolute atomic E-state index is 0.0770. The standard InChI is InChI=1S/C27H42O5Si/c1-10-25(5)22(30-25)17-26(6)21(31-33(8,9)24(2,3)4)16-20-27(7,32-26)18-28-23(29-20)19-14-12-11-13-15-19/h10-15,20-23H,1,16-18H2,2-9H3/t20-,21+,22+,23+,25+,26-,27+/m0/s1. The number of hydrogen-bond donors (Lipinski definition) is 0. The highest BCUT2D eigenvalue weighted by atomic mass is 28.4. The molecule has 3 fully saturated rings. The minimum Gasteiger partial charge on any atom is -0.411 e. The molecule has 1 aromatic carbocycles. The van der Waals surface area contributed by atoms with Crippen LogP contribution in [0, 0.1) is 0 Å². The molecular formula is C27H42O5Si. The molecule has 33 heavy (non-hydrogen) atoms. The lowest BCUT2D eigenvalue weighted by Gasteiger charge is -2.57. The van der Waals surface area contributed by atoms with Crippen molar-refractivity contribution < 1.29 is 23.4 Å². The fraction of sp³-hybridized carbons (Fsp3) is 0.704. The molecule has 0 unspecified atom stereocenters. The van der Waals surface area contributed by atoms with Crippen LogP contribution in [0.1, 0.15) is 66.2 Å². The molecule has 6 heteroatoms. The van der Waals surface area contributed by atoms with Gasteiger partial charge in [0.2, 0.25) is 0 Å². The van der Waals surface area contributed by atoms with Crippen molar-refractivity contribution in [3.8, 4) is 0 Å². The first-order chi connectivity index (χ1) is 15.2. The summed E-state index contributed by atoms with van der Waals surface area (Å²) in [7, 11) is -2.05. The van der Waals surface area contributed by atoms with Crippen LogP contribution in [-0.2, 0) is 23.4 Å². The molecule has 0 bridgehead atoms. The van der Waals surface area contributed by atoms with Crippen molar-refractivity contribution in [3.63, 3.8) is 0 Å². The fourth-order valence-corrected chi connectivity index (χ4v) is 6.25. The Bertz CT molecular complexity index is 867. The summed E-state index contributed by atoms with van der Waals surface area (Å²) >= 11 is 0. The number of benzene rings is 1. The second-order valence-corrected chi connectivity index (χ2v) is 17.0. The molecule has 0 N–H and O–H groups in total. The molecule has 4 rings (SSSR count). The number of fused-ring (bicyclic) bond motifs is 1. The predicted molar refractivity (Wildman–Crippen MR) is 133 cm³/mol. The third-order valence-corrected chi connectivity index (χ3v) is 12.8. The Morgan fingerprint density at radius 3 is 2.39 bits per heavy atom. The average molecular weight is 475 g/mol. The van der Waals surface area contributed by atoms with E-state index in [1.807, 2.05) is 36.4 Å². The third kappa shape index (κ3) is 4.75. The summed E-state index contributed by atoms with van der Waals surface area (Å²) in [6.07, 6.45) is 2.89. The van der Waals surface area contributed by atoms with Crippen LogP contribution >= 0.6 is 0 Å². The first-order valence-corrected chi connectivity index (χ1v) is 15.1. The number of epoxide rings is 1. The van der Waals surface area contributed by atoms with Crippen molar-refractivity contribution >= 4 is 8.32 Å². The zero-order chi connectivity index (χ0) is 24.3. The lowest BCUT2D eigenvalue weighted by molar-refractivity contribution is -0.356. The first kappa shape index (κ1) is 25.1. The molecule has 0 spiro atoms. The Balaban J connectivity index is 1.60. The summed E-state index contributed by atoms with van der Waals surface area (Å²) in [5.41, 5.74) is -0.322. The third-order valence-electron chi connectivity index (χ3n) is 8.35. The fourth-order valence-electron chi connectivity index (χ4n) is 4.84. The minimum atomic E-state index is -2.05. The molecule has 3 aliphatic heterocycles. The Kier molecular flexibility index (Phi) is 6.29. The van der Waals surface area contributed by atoms with Gasteiger partial charge < -0.3 is 23.4 Å². The zero-order valence-electron chi connectivity index (χ0n) is 21.6. The SMILES string of the molecule is C=C[C@@]1(C)O[C@@H]1C[C@]1(C)O[C@]2(C)CO[C@@H](c3ccccc3)O[C@H]2C[C@H]1O[Si](C)(C)C(C)(C)C. The number of rotatable bonds is 6. The van der Waals surface area contributed by atoms with Gasteiger partial charge in [0.25, 0.3) is 0 Å². The van der Waals surface area contributed by atoms with Crippen molar-refractivity contribution in [1.29, 1.82) is 0 Å². The van der Waals surface area contributed by atoms with E-state index in [2.05, 4.69) is 61.2 Å². The smallest absolute Gasteiger partial charge is 0.192 e. The Morgan fingerprint density at radius 1 is 1.15 bits per heavy atom. The van der Waals surface area contributed by atoms with E-state index in [0.29, 0.717) is 6.61 Å². The molecule has 0 amide bonds. The average Bonchev–Trinajstić information content (AvgIpc) is 3.37. The molecule has 0 radical (unpaired) electrons. The van der Waals surface area contributed by atoms with Gasteiger partial charge in [0.15, 0.2) is 14.6 Å². The van der Waals surface area contributed by atoms with Gasteiger partial charge >= 0.3 is 0 Å². The Morgan fingerprint density at radius 2 is 1.82 bits per heavy atom. The molecule has 3 saturated heterocycles. The first-order valence-electron chi connectivity index (χ1n) is 12.2. The molecule has 7 atom stereocenters. The topological polar surface area (TPSA) is 49.5 Å². The molecule has 1 aromatic rings. The van der Waals surface area contributed by atoms with Gasteiger partial charge in [-0.25, -0.2) is 0 Å². The van der Waals surface area contributed by atoms with E-state index < -0.39 is 19.5 Å². The summed E-state index contributed by atoms with van der Waals surface area (Å²) in [6, 6.07) is 10.1. The van der Waals surface area contributed by atoms with Crippen molar-refractivity contribution in [2.24, 2.45) is 0 Å². The molecule has 184 valence electrons. The van der Waals surface area contributed by atoms with Crippen molar-refractivity contribution in [3.05, 3.63) is 48.6 Å². The van der Waals surface area contributed by atoms with Crippen LogP contribution in [0.2, 0.25) is 18.1 Å². The van der Waals surface area contributed by atoms with Gasteiger partial charge in [-0.2, -0.15) is 0 Å². The van der Waals surface area contributed by atoms with Gasteiger partial charge in [-0.3, -0.25) is 0 Å². The highest BCUT2D eigenvalue weighted by Crippen LogP contribution is 2.51. The van der Waals surface area contributed by atoms with Crippen LogP contribution in [0.15, 0.2) is 43.0 Å².